The van der Waals surface area contributed by atoms with Gasteiger partial charge in [-0.15, -0.1) is 0 Å². The second kappa shape index (κ2) is 8.22. The van der Waals surface area contributed by atoms with Gasteiger partial charge in [0.05, 0.1) is 0 Å². The van der Waals surface area contributed by atoms with Crippen LogP contribution in [-0.4, -0.2) is 16.1 Å². The Morgan fingerprint density at radius 2 is 1.88 bits per heavy atom. The lowest BCUT2D eigenvalue weighted by Crippen LogP contribution is -2.34. The summed E-state index contributed by atoms with van der Waals surface area (Å²) in [5.74, 6) is 0.216. The third kappa shape index (κ3) is 4.76. The number of rotatable bonds is 6. The topological polar surface area (TPSA) is 54.4 Å². The van der Waals surface area contributed by atoms with Crippen molar-refractivity contribution in [3.8, 4) is 5.88 Å². The predicted molar refractivity (Wildman–Crippen MR) is 89.9 cm³/mol. The van der Waals surface area contributed by atoms with Gasteiger partial charge in [-0.05, 0) is 36.6 Å². The van der Waals surface area contributed by atoms with Gasteiger partial charge in [-0.25, -0.2) is 9.37 Å². The number of halogens is 1. The fourth-order valence-electron chi connectivity index (χ4n) is 2.97. The third-order valence-electron chi connectivity index (χ3n) is 4.37. The highest BCUT2D eigenvalue weighted by atomic mass is 19.1. The molecule has 2 N–H and O–H groups in total. The number of pyridine rings is 1. The zero-order chi connectivity index (χ0) is 16.8. The van der Waals surface area contributed by atoms with Crippen molar-refractivity contribution in [3.63, 3.8) is 0 Å². The first-order valence-electron chi connectivity index (χ1n) is 8.48. The van der Waals surface area contributed by atoms with Crippen molar-refractivity contribution >= 4 is 0 Å². The van der Waals surface area contributed by atoms with E-state index in [9.17, 15) is 9.50 Å². The Hall–Kier alpha value is -1.98. The van der Waals surface area contributed by atoms with Gasteiger partial charge in [0.2, 0.25) is 5.88 Å². The maximum atomic E-state index is 12.9. The first-order valence-corrected chi connectivity index (χ1v) is 8.48. The average Bonchev–Trinajstić information content (AvgIpc) is 2.62. The lowest BCUT2D eigenvalue weighted by molar-refractivity contribution is 0.113. The fourth-order valence-corrected chi connectivity index (χ4v) is 2.97. The van der Waals surface area contributed by atoms with Crippen LogP contribution in [0.25, 0.3) is 0 Å². The van der Waals surface area contributed by atoms with Crippen LogP contribution in [-0.2, 0) is 6.61 Å². The van der Waals surface area contributed by atoms with Gasteiger partial charge < -0.3 is 9.84 Å². The number of nitrogens with one attached hydrogen (secondary N) is 1. The number of aliphatic hydroxyl groups is 1. The van der Waals surface area contributed by atoms with Crippen LogP contribution in [0.15, 0.2) is 42.6 Å². The molecule has 0 aliphatic heterocycles. The van der Waals surface area contributed by atoms with Crippen LogP contribution in [0.5, 0.6) is 5.88 Å². The molecule has 0 bridgehead atoms. The van der Waals surface area contributed by atoms with Gasteiger partial charge in [-0.2, -0.15) is 0 Å². The highest BCUT2D eigenvalue weighted by Gasteiger charge is 2.17. The molecule has 1 aliphatic carbocycles. The summed E-state index contributed by atoms with van der Waals surface area (Å²) in [4.78, 5) is 4.23. The zero-order valence-electron chi connectivity index (χ0n) is 13.6. The minimum atomic E-state index is -0.702. The maximum absolute atomic E-state index is 12.9. The van der Waals surface area contributed by atoms with Gasteiger partial charge in [0, 0.05) is 23.9 Å². The monoisotopic (exact) mass is 330 g/mol. The Morgan fingerprint density at radius 1 is 1.12 bits per heavy atom. The fraction of sp³-hybridized carbons (Fsp3) is 0.421. The molecule has 2 aromatic rings. The van der Waals surface area contributed by atoms with Crippen molar-refractivity contribution in [2.75, 3.05) is 0 Å². The van der Waals surface area contributed by atoms with Gasteiger partial charge in [0.25, 0.3) is 0 Å². The molecule has 1 aromatic carbocycles. The summed E-state index contributed by atoms with van der Waals surface area (Å²) in [7, 11) is 0. The van der Waals surface area contributed by atoms with E-state index in [4.69, 9.17) is 4.74 Å². The first-order chi connectivity index (χ1) is 11.7. The van der Waals surface area contributed by atoms with E-state index in [2.05, 4.69) is 10.3 Å². The summed E-state index contributed by atoms with van der Waals surface area (Å²) in [6, 6.07) is 10.1. The standard InChI is InChI=1S/C19H23FN2O2/c20-16-9-6-14(7-10-16)13-24-18-11-8-15(12-21-18)19(23)22-17-4-2-1-3-5-17/h6-12,17,19,22-23H,1-5,13H2. The summed E-state index contributed by atoms with van der Waals surface area (Å²) < 4.78 is 18.4. The molecule has 0 amide bonds. The molecule has 0 spiro atoms. The minimum Gasteiger partial charge on any atom is -0.473 e. The lowest BCUT2D eigenvalue weighted by atomic mass is 9.95. The lowest BCUT2D eigenvalue weighted by Gasteiger charge is -2.25. The highest BCUT2D eigenvalue weighted by Crippen LogP contribution is 2.21. The van der Waals surface area contributed by atoms with E-state index in [0.29, 0.717) is 18.5 Å². The Labute approximate surface area is 141 Å². The summed E-state index contributed by atoms with van der Waals surface area (Å²) in [6.45, 7) is 0.329. The Bertz CT molecular complexity index is 625. The second-order valence-corrected chi connectivity index (χ2v) is 6.25. The quantitative estimate of drug-likeness (QED) is 0.793. The van der Waals surface area contributed by atoms with Crippen molar-refractivity contribution in [1.29, 1.82) is 0 Å². The number of ether oxygens (including phenoxy) is 1. The number of hydrogen-bond donors (Lipinski definition) is 2. The van der Waals surface area contributed by atoms with E-state index < -0.39 is 6.23 Å². The van der Waals surface area contributed by atoms with Crippen molar-refractivity contribution in [1.82, 2.24) is 10.3 Å². The van der Waals surface area contributed by atoms with Crippen molar-refractivity contribution in [2.24, 2.45) is 0 Å². The molecule has 128 valence electrons. The van der Waals surface area contributed by atoms with Gasteiger partial charge in [-0.1, -0.05) is 31.4 Å². The van der Waals surface area contributed by atoms with Crippen LogP contribution in [0.1, 0.15) is 49.5 Å². The van der Waals surface area contributed by atoms with Gasteiger partial charge in [0.15, 0.2) is 0 Å². The number of benzene rings is 1. The van der Waals surface area contributed by atoms with Crippen molar-refractivity contribution < 1.29 is 14.2 Å². The van der Waals surface area contributed by atoms with E-state index in [-0.39, 0.29) is 5.82 Å². The molecule has 5 heteroatoms. The van der Waals surface area contributed by atoms with E-state index in [1.54, 1.807) is 24.4 Å². The van der Waals surface area contributed by atoms with Gasteiger partial charge in [0.1, 0.15) is 18.7 Å². The normalized spacial score (nSPS) is 16.8. The van der Waals surface area contributed by atoms with Crippen LogP contribution in [0.2, 0.25) is 0 Å². The summed E-state index contributed by atoms with van der Waals surface area (Å²) >= 11 is 0. The third-order valence-corrected chi connectivity index (χ3v) is 4.37. The molecule has 1 aliphatic rings. The molecule has 1 saturated carbocycles. The number of aromatic nitrogens is 1. The molecule has 3 rings (SSSR count). The Balaban J connectivity index is 1.51. The average molecular weight is 330 g/mol. The van der Waals surface area contributed by atoms with Gasteiger partial charge in [-0.3, -0.25) is 5.32 Å². The molecule has 0 radical (unpaired) electrons. The minimum absolute atomic E-state index is 0.263. The molecular formula is C19H23FN2O2. The smallest absolute Gasteiger partial charge is 0.213 e. The highest BCUT2D eigenvalue weighted by molar-refractivity contribution is 5.21. The first kappa shape index (κ1) is 16.9. The largest absolute Gasteiger partial charge is 0.473 e. The van der Waals surface area contributed by atoms with E-state index in [0.717, 1.165) is 24.0 Å². The number of nitrogens with zero attached hydrogens (tertiary/aromatic N) is 1. The number of aliphatic hydroxyl groups excluding tert-OH is 1. The van der Waals surface area contributed by atoms with Crippen molar-refractivity contribution in [2.45, 2.75) is 51.0 Å². The van der Waals surface area contributed by atoms with E-state index in [1.807, 2.05) is 6.07 Å². The van der Waals surface area contributed by atoms with Crippen LogP contribution in [0.3, 0.4) is 0 Å². The molecule has 1 fully saturated rings. The number of hydrogen-bond acceptors (Lipinski definition) is 4. The summed E-state index contributed by atoms with van der Waals surface area (Å²) in [5, 5.41) is 13.5. The molecule has 0 saturated heterocycles. The van der Waals surface area contributed by atoms with Crippen LogP contribution >= 0.6 is 0 Å². The molecule has 1 atom stereocenters. The molecule has 1 aromatic heterocycles. The van der Waals surface area contributed by atoms with E-state index in [1.165, 1.54) is 31.4 Å². The van der Waals surface area contributed by atoms with E-state index >= 15 is 0 Å². The van der Waals surface area contributed by atoms with Crippen LogP contribution < -0.4 is 10.1 Å². The SMILES string of the molecule is OC(NC1CCCCC1)c1ccc(OCc2ccc(F)cc2)nc1. The van der Waals surface area contributed by atoms with Crippen LogP contribution in [0, 0.1) is 5.82 Å². The molecule has 1 unspecified atom stereocenters. The molecular weight excluding hydrogens is 307 g/mol. The summed E-state index contributed by atoms with van der Waals surface area (Å²) in [6.07, 6.45) is 6.88. The molecule has 24 heavy (non-hydrogen) atoms. The summed E-state index contributed by atoms with van der Waals surface area (Å²) in [5.41, 5.74) is 1.61. The molecule has 4 nitrogen and oxygen atoms in total. The van der Waals surface area contributed by atoms with Crippen molar-refractivity contribution in [3.05, 3.63) is 59.5 Å². The second-order valence-electron chi connectivity index (χ2n) is 6.25. The Morgan fingerprint density at radius 3 is 2.54 bits per heavy atom. The predicted octanol–water partition coefficient (Wildman–Crippen LogP) is 3.71. The van der Waals surface area contributed by atoms with Crippen LogP contribution in [0.4, 0.5) is 4.39 Å². The zero-order valence-corrected chi connectivity index (χ0v) is 13.6. The molecule has 1 heterocycles. The Kier molecular flexibility index (Phi) is 5.77. The maximum Gasteiger partial charge on any atom is 0.213 e. The van der Waals surface area contributed by atoms with Gasteiger partial charge >= 0.3 is 0 Å².